The SMILES string of the molecule is CCC(N)C(c1cccc(Br)c1)N(C)Cc1ccncc1. The fraction of sp³-hybridized carbons (Fsp3) is 0.353. The second-order valence-corrected chi connectivity index (χ2v) is 6.26. The molecule has 2 aromatic rings. The minimum atomic E-state index is 0.103. The summed E-state index contributed by atoms with van der Waals surface area (Å²) in [6.07, 6.45) is 4.60. The van der Waals surface area contributed by atoms with Crippen molar-refractivity contribution in [3.8, 4) is 0 Å². The molecule has 0 bridgehead atoms. The molecule has 0 saturated heterocycles. The van der Waals surface area contributed by atoms with Crippen LogP contribution in [0.25, 0.3) is 0 Å². The smallest absolute Gasteiger partial charge is 0.0499 e. The van der Waals surface area contributed by atoms with Gasteiger partial charge in [0.2, 0.25) is 0 Å². The predicted octanol–water partition coefficient (Wildman–Crippen LogP) is 3.75. The van der Waals surface area contributed by atoms with E-state index in [1.54, 1.807) is 0 Å². The number of rotatable bonds is 6. The Hall–Kier alpha value is -1.23. The average Bonchev–Trinajstić information content (AvgIpc) is 2.48. The lowest BCUT2D eigenvalue weighted by atomic mass is 9.96. The largest absolute Gasteiger partial charge is 0.326 e. The molecule has 0 aliphatic rings. The van der Waals surface area contributed by atoms with Gasteiger partial charge in [0.15, 0.2) is 0 Å². The first-order valence-electron chi connectivity index (χ1n) is 7.22. The molecule has 0 saturated carbocycles. The molecule has 0 aliphatic heterocycles. The highest BCUT2D eigenvalue weighted by atomic mass is 79.9. The number of halogens is 1. The molecular formula is C17H22BrN3. The van der Waals surface area contributed by atoms with Crippen molar-refractivity contribution < 1.29 is 0 Å². The number of nitrogens with two attached hydrogens (primary N) is 1. The Bertz CT molecular complexity index is 559. The first kappa shape index (κ1) is 16.1. The van der Waals surface area contributed by atoms with E-state index in [1.807, 2.05) is 30.6 Å². The minimum Gasteiger partial charge on any atom is -0.326 e. The molecule has 3 nitrogen and oxygen atoms in total. The first-order chi connectivity index (χ1) is 10.1. The van der Waals surface area contributed by atoms with Crippen LogP contribution in [0, 0.1) is 0 Å². The van der Waals surface area contributed by atoms with Crippen molar-refractivity contribution in [1.82, 2.24) is 9.88 Å². The lowest BCUT2D eigenvalue weighted by Crippen LogP contribution is -2.38. The summed E-state index contributed by atoms with van der Waals surface area (Å²) in [6.45, 7) is 2.99. The number of hydrogen-bond acceptors (Lipinski definition) is 3. The number of benzene rings is 1. The molecule has 0 spiro atoms. The van der Waals surface area contributed by atoms with E-state index in [9.17, 15) is 0 Å². The molecule has 2 atom stereocenters. The highest BCUT2D eigenvalue weighted by Gasteiger charge is 2.23. The molecule has 1 heterocycles. The van der Waals surface area contributed by atoms with E-state index in [2.05, 4.69) is 58.0 Å². The molecule has 4 heteroatoms. The van der Waals surface area contributed by atoms with Gasteiger partial charge in [0, 0.05) is 35.5 Å². The highest BCUT2D eigenvalue weighted by molar-refractivity contribution is 9.10. The number of likely N-dealkylation sites (N-methyl/N-ethyl adjacent to an activating group) is 1. The summed E-state index contributed by atoms with van der Waals surface area (Å²) in [5.74, 6) is 0. The van der Waals surface area contributed by atoms with Gasteiger partial charge < -0.3 is 5.73 Å². The Morgan fingerprint density at radius 2 is 1.95 bits per heavy atom. The van der Waals surface area contributed by atoms with Crippen molar-refractivity contribution in [2.75, 3.05) is 7.05 Å². The molecule has 21 heavy (non-hydrogen) atoms. The van der Waals surface area contributed by atoms with Gasteiger partial charge in [0.1, 0.15) is 0 Å². The van der Waals surface area contributed by atoms with Crippen LogP contribution in [0.4, 0.5) is 0 Å². The number of nitrogens with zero attached hydrogens (tertiary/aromatic N) is 2. The molecular weight excluding hydrogens is 326 g/mol. The molecule has 2 N–H and O–H groups in total. The summed E-state index contributed by atoms with van der Waals surface area (Å²) in [6, 6.07) is 12.8. The van der Waals surface area contributed by atoms with Gasteiger partial charge in [-0.15, -0.1) is 0 Å². The van der Waals surface area contributed by atoms with Gasteiger partial charge in [0.25, 0.3) is 0 Å². The topological polar surface area (TPSA) is 42.1 Å². The van der Waals surface area contributed by atoms with Crippen LogP contribution >= 0.6 is 15.9 Å². The van der Waals surface area contributed by atoms with Crippen LogP contribution in [0.15, 0.2) is 53.3 Å². The maximum Gasteiger partial charge on any atom is 0.0499 e. The zero-order valence-corrected chi connectivity index (χ0v) is 14.1. The highest BCUT2D eigenvalue weighted by Crippen LogP contribution is 2.27. The normalized spacial score (nSPS) is 14.1. The van der Waals surface area contributed by atoms with Crippen molar-refractivity contribution in [2.24, 2.45) is 5.73 Å². The third kappa shape index (κ3) is 4.37. The molecule has 1 aromatic heterocycles. The second-order valence-electron chi connectivity index (χ2n) is 5.34. The maximum atomic E-state index is 6.38. The van der Waals surface area contributed by atoms with Crippen molar-refractivity contribution in [3.05, 3.63) is 64.4 Å². The Labute approximate surface area is 135 Å². The summed E-state index contributed by atoms with van der Waals surface area (Å²) in [5, 5.41) is 0. The van der Waals surface area contributed by atoms with Gasteiger partial charge in [0.05, 0.1) is 0 Å². The summed E-state index contributed by atoms with van der Waals surface area (Å²) in [5.41, 5.74) is 8.88. The molecule has 0 aliphatic carbocycles. The molecule has 1 aromatic carbocycles. The summed E-state index contributed by atoms with van der Waals surface area (Å²) in [7, 11) is 2.13. The molecule has 112 valence electrons. The third-order valence-electron chi connectivity index (χ3n) is 3.72. The summed E-state index contributed by atoms with van der Waals surface area (Å²) < 4.78 is 1.09. The molecule has 2 unspecified atom stereocenters. The van der Waals surface area contributed by atoms with Crippen LogP contribution in [0.3, 0.4) is 0 Å². The maximum absolute atomic E-state index is 6.38. The van der Waals surface area contributed by atoms with E-state index < -0.39 is 0 Å². The Morgan fingerprint density at radius 3 is 2.57 bits per heavy atom. The van der Waals surface area contributed by atoms with E-state index in [0.29, 0.717) is 0 Å². The number of pyridine rings is 1. The Morgan fingerprint density at radius 1 is 1.24 bits per heavy atom. The minimum absolute atomic E-state index is 0.103. The molecule has 2 rings (SSSR count). The molecule has 0 fully saturated rings. The average molecular weight is 348 g/mol. The van der Waals surface area contributed by atoms with Crippen molar-refractivity contribution in [2.45, 2.75) is 32.0 Å². The van der Waals surface area contributed by atoms with E-state index >= 15 is 0 Å². The third-order valence-corrected chi connectivity index (χ3v) is 4.22. The second kappa shape index (κ2) is 7.69. The van der Waals surface area contributed by atoms with Gasteiger partial charge in [-0.1, -0.05) is 35.0 Å². The van der Waals surface area contributed by atoms with Crippen molar-refractivity contribution >= 4 is 15.9 Å². The summed E-state index contributed by atoms with van der Waals surface area (Å²) in [4.78, 5) is 6.38. The van der Waals surface area contributed by atoms with E-state index in [-0.39, 0.29) is 12.1 Å². The van der Waals surface area contributed by atoms with Crippen LogP contribution in [-0.4, -0.2) is 23.0 Å². The summed E-state index contributed by atoms with van der Waals surface area (Å²) >= 11 is 3.55. The Kier molecular flexibility index (Phi) is 5.91. The van der Waals surface area contributed by atoms with Crippen molar-refractivity contribution in [1.29, 1.82) is 0 Å². The Balaban J connectivity index is 2.23. The van der Waals surface area contributed by atoms with Gasteiger partial charge in [-0.05, 0) is 48.9 Å². The van der Waals surface area contributed by atoms with E-state index in [1.165, 1.54) is 11.1 Å². The van der Waals surface area contributed by atoms with Crippen LogP contribution < -0.4 is 5.73 Å². The van der Waals surface area contributed by atoms with Crippen molar-refractivity contribution in [3.63, 3.8) is 0 Å². The lowest BCUT2D eigenvalue weighted by Gasteiger charge is -2.33. The van der Waals surface area contributed by atoms with Crippen LogP contribution in [0.1, 0.15) is 30.5 Å². The fourth-order valence-corrected chi connectivity index (χ4v) is 3.03. The quantitative estimate of drug-likeness (QED) is 0.864. The van der Waals surface area contributed by atoms with Gasteiger partial charge in [-0.25, -0.2) is 0 Å². The van der Waals surface area contributed by atoms with Gasteiger partial charge in [-0.2, -0.15) is 0 Å². The van der Waals surface area contributed by atoms with Crippen LogP contribution in [-0.2, 0) is 6.54 Å². The van der Waals surface area contributed by atoms with Crippen LogP contribution in [0.2, 0.25) is 0 Å². The van der Waals surface area contributed by atoms with Gasteiger partial charge in [-0.3, -0.25) is 9.88 Å². The lowest BCUT2D eigenvalue weighted by molar-refractivity contribution is 0.201. The zero-order chi connectivity index (χ0) is 15.2. The first-order valence-corrected chi connectivity index (χ1v) is 8.01. The van der Waals surface area contributed by atoms with Crippen LogP contribution in [0.5, 0.6) is 0 Å². The predicted molar refractivity (Wildman–Crippen MR) is 90.9 cm³/mol. The molecule has 0 amide bonds. The fourth-order valence-electron chi connectivity index (χ4n) is 2.62. The van der Waals surface area contributed by atoms with E-state index in [0.717, 1.165) is 17.4 Å². The monoisotopic (exact) mass is 347 g/mol. The standard InChI is InChI=1S/C17H22BrN3/c1-3-16(19)17(14-5-4-6-15(18)11-14)21(2)12-13-7-9-20-10-8-13/h4-11,16-17H,3,12,19H2,1-2H3. The van der Waals surface area contributed by atoms with E-state index in [4.69, 9.17) is 5.73 Å². The zero-order valence-electron chi connectivity index (χ0n) is 12.5. The number of aromatic nitrogens is 1. The molecule has 0 radical (unpaired) electrons. The van der Waals surface area contributed by atoms with Gasteiger partial charge >= 0.3 is 0 Å². The number of hydrogen-bond donors (Lipinski definition) is 1.